The Morgan fingerprint density at radius 3 is 2.71 bits per heavy atom. The molecule has 0 spiro atoms. The fourth-order valence-electron chi connectivity index (χ4n) is 2.50. The first-order valence-corrected chi connectivity index (χ1v) is 7.84. The fraction of sp³-hybridized carbons (Fsp3) is 0.688. The third-order valence-corrected chi connectivity index (χ3v) is 3.73. The van der Waals surface area contributed by atoms with Crippen LogP contribution in [0, 0.1) is 0 Å². The number of hydrogen-bond acceptors (Lipinski definition) is 5. The molecular weight excluding hydrogens is 266 g/mol. The van der Waals surface area contributed by atoms with Crippen LogP contribution in [0.3, 0.4) is 0 Å². The molecule has 1 aliphatic heterocycles. The summed E-state index contributed by atoms with van der Waals surface area (Å²) >= 11 is 0. The number of anilines is 1. The summed E-state index contributed by atoms with van der Waals surface area (Å²) in [6, 6.07) is 4.74. The highest BCUT2D eigenvalue weighted by atomic mass is 16.5. The minimum atomic E-state index is 0.105. The molecule has 1 aromatic rings. The third-order valence-electron chi connectivity index (χ3n) is 3.73. The maximum atomic E-state index is 8.78. The first-order valence-electron chi connectivity index (χ1n) is 7.84. The Morgan fingerprint density at radius 1 is 1.38 bits per heavy atom. The summed E-state index contributed by atoms with van der Waals surface area (Å²) in [5, 5.41) is 12.2. The van der Waals surface area contributed by atoms with Crippen molar-refractivity contribution in [1.29, 1.82) is 0 Å². The topological polar surface area (TPSA) is 57.6 Å². The molecule has 2 N–H and O–H groups in total. The summed E-state index contributed by atoms with van der Waals surface area (Å²) < 4.78 is 5.58. The van der Waals surface area contributed by atoms with E-state index in [4.69, 9.17) is 9.84 Å². The highest BCUT2D eigenvalue weighted by molar-refractivity contribution is 5.39. The van der Waals surface area contributed by atoms with Crippen molar-refractivity contribution in [3.8, 4) is 0 Å². The highest BCUT2D eigenvalue weighted by Gasteiger charge is 2.20. The number of aromatic nitrogens is 1. The van der Waals surface area contributed by atoms with E-state index < -0.39 is 0 Å². The van der Waals surface area contributed by atoms with Gasteiger partial charge in [0, 0.05) is 31.9 Å². The molecule has 0 aromatic carbocycles. The normalized spacial score (nSPS) is 16.7. The summed E-state index contributed by atoms with van der Waals surface area (Å²) in [6.45, 7) is 7.63. The van der Waals surface area contributed by atoms with E-state index in [0.29, 0.717) is 12.6 Å². The lowest BCUT2D eigenvalue weighted by atomic mass is 10.1. The van der Waals surface area contributed by atoms with Crippen molar-refractivity contribution in [1.82, 2.24) is 10.3 Å². The monoisotopic (exact) mass is 293 g/mol. The van der Waals surface area contributed by atoms with Crippen molar-refractivity contribution in [2.45, 2.75) is 45.4 Å². The van der Waals surface area contributed by atoms with Crippen LogP contribution in [-0.4, -0.2) is 48.5 Å². The molecule has 5 nitrogen and oxygen atoms in total. The minimum Gasteiger partial charge on any atom is -0.394 e. The van der Waals surface area contributed by atoms with E-state index in [1.54, 1.807) is 0 Å². The summed E-state index contributed by atoms with van der Waals surface area (Å²) in [5.74, 6) is 1.05. The smallest absolute Gasteiger partial charge is 0.128 e. The largest absolute Gasteiger partial charge is 0.394 e. The maximum Gasteiger partial charge on any atom is 0.128 e. The quantitative estimate of drug-likeness (QED) is 0.799. The van der Waals surface area contributed by atoms with E-state index in [-0.39, 0.29) is 12.7 Å². The van der Waals surface area contributed by atoms with Gasteiger partial charge in [0.2, 0.25) is 0 Å². The Morgan fingerprint density at radius 2 is 2.14 bits per heavy atom. The van der Waals surface area contributed by atoms with Crippen LogP contribution in [0.25, 0.3) is 0 Å². The van der Waals surface area contributed by atoms with Crippen molar-refractivity contribution < 1.29 is 9.84 Å². The van der Waals surface area contributed by atoms with Crippen molar-refractivity contribution in [2.75, 3.05) is 31.2 Å². The molecule has 1 aromatic heterocycles. The van der Waals surface area contributed by atoms with Gasteiger partial charge in [0.15, 0.2) is 0 Å². The van der Waals surface area contributed by atoms with Crippen LogP contribution >= 0.6 is 0 Å². The Balaban J connectivity index is 1.80. The van der Waals surface area contributed by atoms with E-state index in [2.05, 4.69) is 41.2 Å². The molecule has 0 unspecified atom stereocenters. The molecule has 2 heterocycles. The second-order valence-electron chi connectivity index (χ2n) is 5.84. The lowest BCUT2D eigenvalue weighted by Crippen LogP contribution is -2.37. The zero-order valence-electron chi connectivity index (χ0n) is 13.1. The molecule has 0 atom stereocenters. The van der Waals surface area contributed by atoms with E-state index in [0.717, 1.165) is 38.3 Å². The number of nitrogens with zero attached hydrogens (tertiary/aromatic N) is 2. The van der Waals surface area contributed by atoms with Gasteiger partial charge >= 0.3 is 0 Å². The molecule has 1 fully saturated rings. The molecule has 21 heavy (non-hydrogen) atoms. The van der Waals surface area contributed by atoms with Gasteiger partial charge in [-0.3, -0.25) is 0 Å². The Labute approximate surface area is 127 Å². The Kier molecular flexibility index (Phi) is 6.42. The van der Waals surface area contributed by atoms with Crippen LogP contribution in [0.2, 0.25) is 0 Å². The fourth-order valence-corrected chi connectivity index (χ4v) is 2.50. The average molecular weight is 293 g/mol. The molecule has 0 radical (unpaired) electrons. The van der Waals surface area contributed by atoms with Gasteiger partial charge in [0.1, 0.15) is 5.82 Å². The zero-order valence-corrected chi connectivity index (χ0v) is 13.1. The molecule has 1 aliphatic rings. The number of aliphatic hydroxyl groups is 1. The molecule has 118 valence electrons. The molecule has 0 saturated carbocycles. The molecule has 1 saturated heterocycles. The van der Waals surface area contributed by atoms with Gasteiger partial charge in [-0.2, -0.15) is 0 Å². The lowest BCUT2D eigenvalue weighted by molar-refractivity contribution is 0.0158. The second kappa shape index (κ2) is 8.32. The highest BCUT2D eigenvalue weighted by Crippen LogP contribution is 2.19. The number of piperidine rings is 1. The third kappa shape index (κ3) is 5.26. The Hall–Kier alpha value is -1.17. The van der Waals surface area contributed by atoms with Crippen molar-refractivity contribution >= 4 is 5.82 Å². The van der Waals surface area contributed by atoms with Crippen LogP contribution in [0.15, 0.2) is 18.3 Å². The number of aliphatic hydroxyl groups excluding tert-OH is 1. The summed E-state index contributed by atoms with van der Waals surface area (Å²) in [6.07, 6.45) is 4.23. The van der Waals surface area contributed by atoms with Gasteiger partial charge in [-0.15, -0.1) is 0 Å². The van der Waals surface area contributed by atoms with E-state index >= 15 is 0 Å². The average Bonchev–Trinajstić information content (AvgIpc) is 2.52. The van der Waals surface area contributed by atoms with Gasteiger partial charge in [0.25, 0.3) is 0 Å². The van der Waals surface area contributed by atoms with Crippen LogP contribution in [-0.2, 0) is 11.3 Å². The van der Waals surface area contributed by atoms with Gasteiger partial charge in [-0.25, -0.2) is 4.98 Å². The molecule has 0 aliphatic carbocycles. The zero-order chi connectivity index (χ0) is 15.1. The first kappa shape index (κ1) is 16.2. The second-order valence-corrected chi connectivity index (χ2v) is 5.84. The number of ether oxygens (including phenoxy) is 1. The molecular formula is C16H27N3O2. The van der Waals surface area contributed by atoms with Crippen LogP contribution in [0.5, 0.6) is 0 Å². The predicted octanol–water partition coefficient (Wildman–Crippen LogP) is 1.56. The number of pyridine rings is 1. The number of rotatable bonds is 7. The summed E-state index contributed by atoms with van der Waals surface area (Å²) in [4.78, 5) is 6.88. The van der Waals surface area contributed by atoms with Gasteiger partial charge < -0.3 is 20.1 Å². The molecule has 5 heteroatoms. The lowest BCUT2D eigenvalue weighted by Gasteiger charge is -2.32. The van der Waals surface area contributed by atoms with E-state index in [9.17, 15) is 0 Å². The van der Waals surface area contributed by atoms with Crippen LogP contribution in [0.4, 0.5) is 5.82 Å². The predicted molar refractivity (Wildman–Crippen MR) is 84.5 cm³/mol. The number of hydrogen-bond donors (Lipinski definition) is 2. The molecule has 2 rings (SSSR count). The Bertz CT molecular complexity index is 400. The summed E-state index contributed by atoms with van der Waals surface area (Å²) in [5.41, 5.74) is 1.22. The standard InChI is InChI=1S/C16H27N3O2/c1-13(2)17-11-14-3-4-16(18-12-14)19-7-5-15(6-8-19)21-10-9-20/h3-4,12-13,15,17,20H,5-11H2,1-2H3. The van der Waals surface area contributed by atoms with Gasteiger partial charge in [0.05, 0.1) is 19.3 Å². The van der Waals surface area contributed by atoms with Crippen molar-refractivity contribution in [3.05, 3.63) is 23.9 Å². The van der Waals surface area contributed by atoms with E-state index in [1.807, 2.05) is 6.20 Å². The van der Waals surface area contributed by atoms with Gasteiger partial charge in [-0.05, 0) is 24.5 Å². The van der Waals surface area contributed by atoms with Crippen LogP contribution < -0.4 is 10.2 Å². The van der Waals surface area contributed by atoms with Gasteiger partial charge in [-0.1, -0.05) is 19.9 Å². The number of nitrogens with one attached hydrogen (secondary N) is 1. The molecule has 0 amide bonds. The molecule has 0 bridgehead atoms. The SMILES string of the molecule is CC(C)NCc1ccc(N2CCC(OCCO)CC2)nc1. The maximum absolute atomic E-state index is 8.78. The van der Waals surface area contributed by atoms with Crippen LogP contribution in [0.1, 0.15) is 32.3 Å². The van der Waals surface area contributed by atoms with E-state index in [1.165, 1.54) is 5.56 Å². The van der Waals surface area contributed by atoms with Crippen molar-refractivity contribution in [2.24, 2.45) is 0 Å². The minimum absolute atomic E-state index is 0.105. The first-order chi connectivity index (χ1) is 10.2. The summed E-state index contributed by atoms with van der Waals surface area (Å²) in [7, 11) is 0. The van der Waals surface area contributed by atoms with Crippen molar-refractivity contribution in [3.63, 3.8) is 0 Å².